The van der Waals surface area contributed by atoms with Gasteiger partial charge in [0, 0.05) is 0 Å². The van der Waals surface area contributed by atoms with Gasteiger partial charge in [-0.3, -0.25) is 0 Å². The zero-order valence-corrected chi connectivity index (χ0v) is 15.7. The number of hydrogen-bond acceptors (Lipinski definition) is 1. The van der Waals surface area contributed by atoms with E-state index < -0.39 is 0 Å². The predicted octanol–water partition coefficient (Wildman–Crippen LogP) is 4.50. The van der Waals surface area contributed by atoms with Gasteiger partial charge < -0.3 is 16.0 Å². The van der Waals surface area contributed by atoms with E-state index in [-0.39, 0.29) is 0 Å². The molecule has 1 N–H and O–H groups in total. The molecule has 0 aromatic rings. The Morgan fingerprint density at radius 1 is 0.529 bits per heavy atom. The Balaban J connectivity index is -0.0000000693. The second-order valence-electron chi connectivity index (χ2n) is 2.57. The first-order chi connectivity index (χ1) is 8.24. The fourth-order valence-electron chi connectivity index (χ4n) is 0.671. The van der Waals surface area contributed by atoms with Crippen LogP contribution < -0.4 is 0 Å². The summed E-state index contributed by atoms with van der Waals surface area (Å²) in [5.74, 6) is 0. The molecule has 0 aliphatic rings. The molecular formula is C12H31N4Ta-3. The first-order valence-electron chi connectivity index (χ1n) is 6.36. The van der Waals surface area contributed by atoms with Crippen LogP contribution in [0.3, 0.4) is 0 Å². The van der Waals surface area contributed by atoms with Gasteiger partial charge in [-0.15, -0.1) is 0 Å². The summed E-state index contributed by atoms with van der Waals surface area (Å²) in [7, 11) is 0. The second kappa shape index (κ2) is 44.0. The Bertz CT molecular complexity index is 64.6. The molecule has 17 heavy (non-hydrogen) atoms. The van der Waals surface area contributed by atoms with E-state index >= 15 is 0 Å². The van der Waals surface area contributed by atoms with Crippen LogP contribution in [0, 0.1) is 3.76 Å². The summed E-state index contributed by atoms with van der Waals surface area (Å²) >= 11 is 0.694. The molecule has 0 aliphatic heterocycles. The molecule has 0 radical (unpaired) electrons. The van der Waals surface area contributed by atoms with Crippen LogP contribution in [-0.2, 0) is 20.9 Å². The van der Waals surface area contributed by atoms with Crippen molar-refractivity contribution in [3.63, 3.8) is 0 Å². The molecule has 0 amide bonds. The Labute approximate surface area is 121 Å². The van der Waals surface area contributed by atoms with Crippen molar-refractivity contribution in [1.82, 2.24) is 0 Å². The summed E-state index contributed by atoms with van der Waals surface area (Å²) in [6.45, 7) is 18.1. The van der Waals surface area contributed by atoms with Gasteiger partial charge in [0.05, 0.1) is 0 Å². The Hall–Kier alpha value is 0.420. The zero-order chi connectivity index (χ0) is 14.4. The third-order valence-electron chi connectivity index (χ3n) is 1.34. The van der Waals surface area contributed by atoms with Gasteiger partial charge >= 0.3 is 24.6 Å². The van der Waals surface area contributed by atoms with E-state index in [1.54, 1.807) is 0 Å². The van der Waals surface area contributed by atoms with Crippen LogP contribution in [0.5, 0.6) is 0 Å². The summed E-state index contributed by atoms with van der Waals surface area (Å²) < 4.78 is 5.86. The fraction of sp³-hybridized carbons (Fsp3) is 1.00. The van der Waals surface area contributed by atoms with Crippen molar-refractivity contribution in [2.24, 2.45) is 0 Å². The molecule has 0 unspecified atom stereocenters. The van der Waals surface area contributed by atoms with E-state index in [9.17, 15) is 0 Å². The molecule has 0 heterocycles. The van der Waals surface area contributed by atoms with Gasteiger partial charge in [0.15, 0.2) is 0 Å². The summed E-state index contributed by atoms with van der Waals surface area (Å²) in [5, 5.41) is 11.9. The van der Waals surface area contributed by atoms with Gasteiger partial charge in [0.25, 0.3) is 0 Å². The second-order valence-corrected chi connectivity index (χ2v) is 2.57. The van der Waals surface area contributed by atoms with E-state index in [1.165, 1.54) is 0 Å². The third kappa shape index (κ3) is 82.8. The topological polar surface area (TPSA) is 66.2 Å². The van der Waals surface area contributed by atoms with E-state index in [0.29, 0.717) is 20.9 Å². The van der Waals surface area contributed by atoms with Gasteiger partial charge in [-0.05, 0) is 0 Å². The number of nitrogens with one attached hydrogen (secondary N) is 1. The number of hydrogen-bond donors (Lipinski definition) is 1. The molecule has 5 heteroatoms. The molecule has 4 nitrogen and oxygen atoms in total. The van der Waals surface area contributed by atoms with Gasteiger partial charge in [-0.2, -0.15) is 39.3 Å². The van der Waals surface area contributed by atoms with Crippen LogP contribution in [-0.4, -0.2) is 39.3 Å². The van der Waals surface area contributed by atoms with Crippen LogP contribution in [0.2, 0.25) is 0 Å². The standard InChI is InChI=1S/3C4H10N.HN.Ta/c3*1-3-5-4-2;;/h3*3-4H2,1-2H3;1H;/q3*-1;;. The molecule has 0 rings (SSSR count). The van der Waals surface area contributed by atoms with Crippen LogP contribution in [0.1, 0.15) is 41.5 Å². The van der Waals surface area contributed by atoms with Crippen molar-refractivity contribution in [2.45, 2.75) is 41.5 Å². The van der Waals surface area contributed by atoms with Crippen molar-refractivity contribution >= 4 is 0 Å². The first-order valence-corrected chi connectivity index (χ1v) is 7.97. The van der Waals surface area contributed by atoms with E-state index in [4.69, 9.17) is 3.76 Å². The minimum absolute atomic E-state index is 0.694. The summed E-state index contributed by atoms with van der Waals surface area (Å²) in [6.07, 6.45) is 0. The predicted molar refractivity (Wildman–Crippen MR) is 76.0 cm³/mol. The molecule has 0 aromatic heterocycles. The summed E-state index contributed by atoms with van der Waals surface area (Å²) in [6, 6.07) is 0. The fourth-order valence-corrected chi connectivity index (χ4v) is 0.671. The van der Waals surface area contributed by atoms with E-state index in [1.807, 2.05) is 41.5 Å². The van der Waals surface area contributed by atoms with Crippen LogP contribution in [0.25, 0.3) is 16.0 Å². The molecule has 0 aliphatic carbocycles. The number of nitrogens with zero attached hydrogens (tertiary/aromatic N) is 3. The van der Waals surface area contributed by atoms with Gasteiger partial charge in [-0.25, -0.2) is 0 Å². The Kier molecular flexibility index (Phi) is 67.5. The molecule has 0 atom stereocenters. The van der Waals surface area contributed by atoms with Crippen molar-refractivity contribution in [2.75, 3.05) is 39.3 Å². The van der Waals surface area contributed by atoms with Gasteiger partial charge in [0.2, 0.25) is 0 Å². The molecule has 0 spiro atoms. The molecule has 107 valence electrons. The Morgan fingerprint density at radius 3 is 0.647 bits per heavy atom. The monoisotopic (exact) mass is 412 g/mol. The van der Waals surface area contributed by atoms with Crippen LogP contribution >= 0.6 is 0 Å². The molecule has 0 saturated heterocycles. The van der Waals surface area contributed by atoms with Crippen molar-refractivity contribution < 1.29 is 20.9 Å². The van der Waals surface area contributed by atoms with Crippen molar-refractivity contribution in [3.8, 4) is 0 Å². The molecule has 0 fully saturated rings. The molecular weight excluding hydrogens is 381 g/mol. The molecule has 0 aromatic carbocycles. The minimum atomic E-state index is 0.694. The normalized spacial score (nSPS) is 7.59. The third-order valence-corrected chi connectivity index (χ3v) is 1.34. The van der Waals surface area contributed by atoms with Crippen molar-refractivity contribution in [1.29, 1.82) is 3.76 Å². The quantitative estimate of drug-likeness (QED) is 0.668. The SMILES string of the molecule is CC[N-]CC.CC[N-]CC.CC[N-]CC.[NH]=[Ta]. The van der Waals surface area contributed by atoms with E-state index in [0.717, 1.165) is 39.3 Å². The van der Waals surface area contributed by atoms with Crippen LogP contribution in [0.15, 0.2) is 0 Å². The van der Waals surface area contributed by atoms with Gasteiger partial charge in [0.1, 0.15) is 0 Å². The zero-order valence-electron chi connectivity index (χ0n) is 12.5. The summed E-state index contributed by atoms with van der Waals surface area (Å²) in [5.41, 5.74) is 0. The Morgan fingerprint density at radius 2 is 0.647 bits per heavy atom. The molecule has 0 bridgehead atoms. The maximum atomic E-state index is 5.86. The average molecular weight is 412 g/mol. The number of rotatable bonds is 6. The molecule has 0 saturated carbocycles. The average Bonchev–Trinajstić information content (AvgIpc) is 2.36. The van der Waals surface area contributed by atoms with E-state index in [2.05, 4.69) is 16.0 Å². The maximum absolute atomic E-state index is 5.86. The van der Waals surface area contributed by atoms with Gasteiger partial charge in [-0.1, -0.05) is 41.5 Å². The summed E-state index contributed by atoms with van der Waals surface area (Å²) in [4.78, 5) is 0. The van der Waals surface area contributed by atoms with Crippen LogP contribution in [0.4, 0.5) is 0 Å². The first kappa shape index (κ1) is 26.1. The van der Waals surface area contributed by atoms with Crippen molar-refractivity contribution in [3.05, 3.63) is 16.0 Å².